The maximum atomic E-state index is 13.0. The lowest BCUT2D eigenvalue weighted by Gasteiger charge is -2.34. The van der Waals surface area contributed by atoms with Crippen LogP contribution in [0.3, 0.4) is 0 Å². The Morgan fingerprint density at radius 2 is 1.62 bits per heavy atom. The molecule has 1 atom stereocenters. The highest BCUT2D eigenvalue weighted by Gasteiger charge is 2.40. The third kappa shape index (κ3) is 7.61. The smallest absolute Gasteiger partial charge is 0.255 e. The van der Waals surface area contributed by atoms with Crippen LogP contribution in [0.2, 0.25) is 0 Å². The lowest BCUT2D eigenvalue weighted by atomic mass is 9.80. The van der Waals surface area contributed by atoms with Gasteiger partial charge in [0.05, 0.1) is 5.57 Å². The fourth-order valence-corrected chi connectivity index (χ4v) is 6.80. The van der Waals surface area contributed by atoms with Gasteiger partial charge in [0.15, 0.2) is 11.6 Å². The van der Waals surface area contributed by atoms with E-state index in [-0.39, 0.29) is 60.2 Å². The molecule has 48 heavy (non-hydrogen) atoms. The number of rotatable bonds is 10. The van der Waals surface area contributed by atoms with E-state index in [1.54, 1.807) is 24.4 Å². The van der Waals surface area contributed by atoms with E-state index in [0.717, 1.165) is 38.3 Å². The zero-order valence-electron chi connectivity index (χ0n) is 26.8. The van der Waals surface area contributed by atoms with Crippen molar-refractivity contribution in [3.8, 4) is 0 Å². The lowest BCUT2D eigenvalue weighted by Crippen LogP contribution is -2.52. The van der Waals surface area contributed by atoms with Gasteiger partial charge in [-0.3, -0.25) is 43.9 Å². The van der Waals surface area contributed by atoms with Crippen molar-refractivity contribution in [1.82, 2.24) is 25.3 Å². The van der Waals surface area contributed by atoms with Gasteiger partial charge in [0, 0.05) is 101 Å². The minimum Gasteiger partial charge on any atom is -0.389 e. The van der Waals surface area contributed by atoms with Crippen molar-refractivity contribution >= 4 is 40.9 Å². The summed E-state index contributed by atoms with van der Waals surface area (Å²) in [6, 6.07) is 14.1. The minimum atomic E-state index is -0.716. The summed E-state index contributed by atoms with van der Waals surface area (Å²) in [5, 5.41) is 8.35. The molecule has 0 aromatic heterocycles. The van der Waals surface area contributed by atoms with Gasteiger partial charge >= 0.3 is 0 Å². The summed E-state index contributed by atoms with van der Waals surface area (Å²) in [7, 11) is 0. The number of piperazine rings is 1. The predicted molar refractivity (Wildman–Crippen MR) is 178 cm³/mol. The zero-order chi connectivity index (χ0) is 33.6. The van der Waals surface area contributed by atoms with E-state index < -0.39 is 11.9 Å². The standard InChI is InChI=1S/C36H40N6O6/c43-31-20-25(24-6-2-1-3-7-24)21-32(44)27(31)22-37-13-15-41-18-16-40(17-19-41)14-5-10-33(45)38-29-9-4-8-26-28(29)23-42(36(26)48)30-11-12-34(46)39-35(30)47/h1-10,22,25,30,37H,11-21,23H2,(H,38,45)(H,39,46,47)/b10-5-,27-22?. The number of anilines is 1. The molecule has 0 bridgehead atoms. The number of piperidine rings is 1. The molecule has 0 radical (unpaired) electrons. The van der Waals surface area contributed by atoms with Crippen LogP contribution in [0.15, 0.2) is 72.5 Å². The van der Waals surface area contributed by atoms with Crippen molar-refractivity contribution in [1.29, 1.82) is 0 Å². The first-order valence-electron chi connectivity index (χ1n) is 16.5. The maximum Gasteiger partial charge on any atom is 0.255 e. The van der Waals surface area contributed by atoms with E-state index in [9.17, 15) is 28.8 Å². The number of carbonyl (C=O) groups is 6. The molecule has 3 heterocycles. The summed E-state index contributed by atoms with van der Waals surface area (Å²) in [6.07, 6.45) is 6.06. The van der Waals surface area contributed by atoms with Gasteiger partial charge in [-0.15, -0.1) is 0 Å². The number of carbonyl (C=O) groups excluding carboxylic acids is 6. The van der Waals surface area contributed by atoms with Crippen molar-refractivity contribution < 1.29 is 28.8 Å². The maximum absolute atomic E-state index is 13.0. The topological polar surface area (TPSA) is 148 Å². The molecule has 12 nitrogen and oxygen atoms in total. The fraction of sp³-hybridized carbons (Fsp3) is 0.389. The van der Waals surface area contributed by atoms with E-state index in [0.29, 0.717) is 42.7 Å². The number of nitrogens with one attached hydrogen (secondary N) is 3. The van der Waals surface area contributed by atoms with E-state index in [4.69, 9.17) is 0 Å². The summed E-state index contributed by atoms with van der Waals surface area (Å²) >= 11 is 0. The highest BCUT2D eigenvalue weighted by molar-refractivity contribution is 6.22. The molecule has 1 unspecified atom stereocenters. The van der Waals surface area contributed by atoms with Crippen LogP contribution in [0.25, 0.3) is 0 Å². The number of benzene rings is 2. The molecule has 4 aliphatic rings. The lowest BCUT2D eigenvalue weighted by molar-refractivity contribution is -0.137. The van der Waals surface area contributed by atoms with E-state index in [1.165, 1.54) is 11.0 Å². The highest BCUT2D eigenvalue weighted by Crippen LogP contribution is 2.33. The summed E-state index contributed by atoms with van der Waals surface area (Å²) in [5.41, 5.74) is 2.92. The van der Waals surface area contributed by atoms with Gasteiger partial charge in [0.1, 0.15) is 6.04 Å². The molecule has 2 aromatic rings. The second-order valence-electron chi connectivity index (χ2n) is 12.6. The Labute approximate surface area is 279 Å². The van der Waals surface area contributed by atoms with Gasteiger partial charge in [-0.1, -0.05) is 42.5 Å². The summed E-state index contributed by atoms with van der Waals surface area (Å²) in [4.78, 5) is 81.1. The number of hydrogen-bond donors (Lipinski definition) is 3. The Morgan fingerprint density at radius 3 is 2.35 bits per heavy atom. The van der Waals surface area contributed by atoms with Crippen LogP contribution in [0.4, 0.5) is 5.69 Å². The molecule has 250 valence electrons. The van der Waals surface area contributed by atoms with Crippen LogP contribution in [0.1, 0.15) is 53.1 Å². The Balaban J connectivity index is 0.904. The molecule has 1 saturated carbocycles. The first-order chi connectivity index (χ1) is 23.3. The molecular weight excluding hydrogens is 612 g/mol. The van der Waals surface area contributed by atoms with Crippen molar-refractivity contribution in [3.63, 3.8) is 0 Å². The van der Waals surface area contributed by atoms with Gasteiger partial charge in [-0.2, -0.15) is 0 Å². The molecule has 3 fully saturated rings. The molecule has 2 aromatic carbocycles. The number of allylic oxidation sites excluding steroid dienone is 1. The molecular formula is C36H40N6O6. The van der Waals surface area contributed by atoms with Gasteiger partial charge < -0.3 is 15.5 Å². The van der Waals surface area contributed by atoms with Crippen LogP contribution < -0.4 is 16.0 Å². The van der Waals surface area contributed by atoms with E-state index >= 15 is 0 Å². The second kappa shape index (κ2) is 14.9. The monoisotopic (exact) mass is 652 g/mol. The third-order valence-corrected chi connectivity index (χ3v) is 9.49. The molecule has 3 aliphatic heterocycles. The Bertz CT molecular complexity index is 1640. The van der Waals surface area contributed by atoms with Crippen LogP contribution in [0, 0.1) is 0 Å². The van der Waals surface area contributed by atoms with Gasteiger partial charge in [0.2, 0.25) is 17.7 Å². The van der Waals surface area contributed by atoms with Crippen LogP contribution in [-0.4, -0.2) is 102 Å². The molecule has 4 amide bonds. The average molecular weight is 653 g/mol. The molecule has 1 aliphatic carbocycles. The fourth-order valence-electron chi connectivity index (χ4n) is 6.80. The third-order valence-electron chi connectivity index (χ3n) is 9.49. The molecule has 6 rings (SSSR count). The number of imide groups is 1. The number of nitrogens with zero attached hydrogens (tertiary/aromatic N) is 3. The second-order valence-corrected chi connectivity index (χ2v) is 12.6. The van der Waals surface area contributed by atoms with Crippen molar-refractivity contribution in [2.75, 3.05) is 51.1 Å². The molecule has 12 heteroatoms. The molecule has 2 saturated heterocycles. The van der Waals surface area contributed by atoms with E-state index in [2.05, 4.69) is 25.8 Å². The number of amides is 4. The average Bonchev–Trinajstić information content (AvgIpc) is 3.41. The SMILES string of the molecule is O=C(/C=C\CN1CCN(CCNC=C2C(=O)CC(c3ccccc3)CC2=O)CC1)Nc1cccc2c1CN(C1CCC(=O)NC1=O)C2=O. The van der Waals surface area contributed by atoms with Crippen LogP contribution >= 0.6 is 0 Å². The first-order valence-corrected chi connectivity index (χ1v) is 16.5. The Kier molecular flexibility index (Phi) is 10.2. The van der Waals surface area contributed by atoms with Gasteiger partial charge in [-0.05, 0) is 30.0 Å². The summed E-state index contributed by atoms with van der Waals surface area (Å²) in [6.45, 7) is 5.64. The highest BCUT2D eigenvalue weighted by atomic mass is 16.2. The largest absolute Gasteiger partial charge is 0.389 e. The minimum absolute atomic E-state index is 0.0553. The van der Waals surface area contributed by atoms with Crippen molar-refractivity contribution in [3.05, 3.63) is 89.1 Å². The van der Waals surface area contributed by atoms with Gasteiger partial charge in [0.25, 0.3) is 5.91 Å². The molecule has 0 spiro atoms. The normalized spacial score (nSPS) is 22.2. The summed E-state index contributed by atoms with van der Waals surface area (Å²) < 4.78 is 0. The number of fused-ring (bicyclic) bond motifs is 1. The quantitative estimate of drug-likeness (QED) is 0.151. The van der Waals surface area contributed by atoms with Crippen molar-refractivity contribution in [2.45, 2.75) is 44.2 Å². The number of hydrogen-bond acceptors (Lipinski definition) is 9. The van der Waals surface area contributed by atoms with Crippen LogP contribution in [-0.2, 0) is 30.5 Å². The van der Waals surface area contributed by atoms with Crippen LogP contribution in [0.5, 0.6) is 0 Å². The van der Waals surface area contributed by atoms with E-state index in [1.807, 2.05) is 36.4 Å². The zero-order valence-corrected chi connectivity index (χ0v) is 26.8. The molecule has 3 N–H and O–H groups in total. The number of Topliss-reactive ketones (excluding diaryl/α,β-unsaturated/α-hetero) is 2. The predicted octanol–water partition coefficient (Wildman–Crippen LogP) is 1.75. The summed E-state index contributed by atoms with van der Waals surface area (Å²) in [5.74, 6) is -1.68. The Morgan fingerprint density at radius 1 is 0.896 bits per heavy atom. The van der Waals surface area contributed by atoms with Gasteiger partial charge in [-0.25, -0.2) is 0 Å². The Hall–Kier alpha value is -4.94. The first kappa shape index (κ1) is 33.0. The van der Waals surface area contributed by atoms with Crippen molar-refractivity contribution in [2.24, 2.45) is 0 Å². The number of ketones is 2.